The average molecular weight is 325 g/mol. The topological polar surface area (TPSA) is 21.3 Å². The van der Waals surface area contributed by atoms with Gasteiger partial charge in [-0.3, -0.25) is 0 Å². The quantitative estimate of drug-likeness (QED) is 0.769. The molecule has 0 spiro atoms. The molecule has 21 heavy (non-hydrogen) atoms. The molecule has 0 saturated heterocycles. The van der Waals surface area contributed by atoms with Crippen LogP contribution >= 0.6 is 11.6 Å². The van der Waals surface area contributed by atoms with E-state index in [1.807, 2.05) is 31.2 Å². The van der Waals surface area contributed by atoms with Crippen LogP contribution in [0.2, 0.25) is 5.02 Å². The lowest BCUT2D eigenvalue weighted by atomic mass is 10.1. The van der Waals surface area contributed by atoms with E-state index >= 15 is 0 Å². The Morgan fingerprint density at radius 2 is 1.57 bits per heavy atom. The monoisotopic (exact) mass is 324 g/mol. The average Bonchev–Trinajstić information content (AvgIpc) is 2.47. The van der Waals surface area contributed by atoms with Crippen molar-refractivity contribution in [3.8, 4) is 5.75 Å². The summed E-state index contributed by atoms with van der Waals surface area (Å²) in [4.78, 5) is 0. The molecule has 0 radical (unpaired) electrons. The summed E-state index contributed by atoms with van der Waals surface area (Å²) in [6.07, 6.45) is 1.01. The van der Waals surface area contributed by atoms with Crippen LogP contribution in [0.4, 0.5) is 0 Å². The van der Waals surface area contributed by atoms with Crippen LogP contribution in [0.25, 0.3) is 0 Å². The Hall–Kier alpha value is -1.22. The second-order valence-corrected chi connectivity index (χ2v) is 5.07. The molecule has 2 rings (SSSR count). The van der Waals surface area contributed by atoms with Gasteiger partial charge >= 0.3 is 0 Å². The van der Waals surface area contributed by atoms with Crippen molar-refractivity contribution in [2.75, 3.05) is 13.2 Å². The van der Waals surface area contributed by atoms with Gasteiger partial charge in [-0.25, -0.2) is 0 Å². The molecule has 1 N–H and O–H groups in total. The Balaban J connectivity index is 0.00000220. The molecule has 0 aliphatic heterocycles. The summed E-state index contributed by atoms with van der Waals surface area (Å²) in [5, 5.41) is 4.23. The minimum Gasteiger partial charge on any atom is -1.00 e. The van der Waals surface area contributed by atoms with Gasteiger partial charge in [0.2, 0.25) is 0 Å². The molecule has 0 aromatic heterocycles. The minimum absolute atomic E-state index is 0. The standard InChI is InChI=1S/C17H20ClNO.ClH/c1-2-20-17-9-5-15(6-10-17)13-19-12-11-14-3-7-16(18)8-4-14;/h3-10,19H,2,11-13H2,1H3;1H/p-1. The lowest BCUT2D eigenvalue weighted by Gasteiger charge is -2.07. The van der Waals surface area contributed by atoms with E-state index in [1.165, 1.54) is 11.1 Å². The van der Waals surface area contributed by atoms with E-state index in [0.717, 1.165) is 30.3 Å². The summed E-state index contributed by atoms with van der Waals surface area (Å²) in [7, 11) is 0. The number of rotatable bonds is 7. The fourth-order valence-corrected chi connectivity index (χ4v) is 2.11. The summed E-state index contributed by atoms with van der Waals surface area (Å²) in [6.45, 7) is 4.53. The molecular formula is C17H20Cl2NO-. The molecule has 0 atom stereocenters. The molecule has 0 bridgehead atoms. The van der Waals surface area contributed by atoms with Crippen LogP contribution in [0.1, 0.15) is 18.1 Å². The van der Waals surface area contributed by atoms with Crippen molar-refractivity contribution in [3.05, 3.63) is 64.7 Å². The van der Waals surface area contributed by atoms with Gasteiger partial charge in [-0.15, -0.1) is 0 Å². The fraction of sp³-hybridized carbons (Fsp3) is 0.294. The van der Waals surface area contributed by atoms with Crippen molar-refractivity contribution >= 4 is 11.6 Å². The molecule has 4 heteroatoms. The van der Waals surface area contributed by atoms with E-state index in [0.29, 0.717) is 6.61 Å². The van der Waals surface area contributed by atoms with Crippen LogP contribution in [0.15, 0.2) is 48.5 Å². The molecule has 2 aromatic rings. The number of nitrogens with one attached hydrogen (secondary N) is 1. The van der Waals surface area contributed by atoms with Crippen LogP contribution in [-0.2, 0) is 13.0 Å². The molecule has 0 amide bonds. The number of hydrogen-bond acceptors (Lipinski definition) is 2. The van der Waals surface area contributed by atoms with Gasteiger partial charge in [0.25, 0.3) is 0 Å². The van der Waals surface area contributed by atoms with Gasteiger partial charge in [0.15, 0.2) is 0 Å². The Bertz CT molecular complexity index is 511. The highest BCUT2D eigenvalue weighted by Gasteiger charge is 1.96. The van der Waals surface area contributed by atoms with E-state index < -0.39 is 0 Å². The zero-order chi connectivity index (χ0) is 14.2. The molecule has 0 aliphatic rings. The largest absolute Gasteiger partial charge is 1.00 e. The van der Waals surface area contributed by atoms with Gasteiger partial charge in [0.1, 0.15) is 5.75 Å². The molecule has 2 aromatic carbocycles. The second-order valence-electron chi connectivity index (χ2n) is 4.63. The van der Waals surface area contributed by atoms with E-state index in [1.54, 1.807) is 0 Å². The molecule has 114 valence electrons. The van der Waals surface area contributed by atoms with Crippen molar-refractivity contribution in [3.63, 3.8) is 0 Å². The number of hydrogen-bond donors (Lipinski definition) is 1. The van der Waals surface area contributed by atoms with Crippen LogP contribution in [-0.4, -0.2) is 13.2 Å². The molecular weight excluding hydrogens is 305 g/mol. The Morgan fingerprint density at radius 3 is 2.19 bits per heavy atom. The highest BCUT2D eigenvalue weighted by molar-refractivity contribution is 6.30. The lowest BCUT2D eigenvalue weighted by Crippen LogP contribution is -3.00. The summed E-state index contributed by atoms with van der Waals surface area (Å²) < 4.78 is 5.42. The lowest BCUT2D eigenvalue weighted by molar-refractivity contribution is -0.00000460. The normalized spacial score (nSPS) is 10.0. The van der Waals surface area contributed by atoms with Crippen molar-refractivity contribution in [2.24, 2.45) is 0 Å². The first-order valence-electron chi connectivity index (χ1n) is 6.95. The third-order valence-electron chi connectivity index (χ3n) is 3.07. The summed E-state index contributed by atoms with van der Waals surface area (Å²) >= 11 is 5.86. The first kappa shape index (κ1) is 17.8. The molecule has 0 fully saturated rings. The molecule has 2 nitrogen and oxygen atoms in total. The van der Waals surface area contributed by atoms with E-state index in [9.17, 15) is 0 Å². The first-order chi connectivity index (χ1) is 9.78. The molecule has 0 unspecified atom stereocenters. The van der Waals surface area contributed by atoms with E-state index in [4.69, 9.17) is 16.3 Å². The van der Waals surface area contributed by atoms with Crippen LogP contribution in [0.5, 0.6) is 5.75 Å². The summed E-state index contributed by atoms with van der Waals surface area (Å²) in [5.74, 6) is 0.928. The Morgan fingerprint density at radius 1 is 0.952 bits per heavy atom. The van der Waals surface area contributed by atoms with Crippen LogP contribution in [0.3, 0.4) is 0 Å². The number of benzene rings is 2. The highest BCUT2D eigenvalue weighted by atomic mass is 35.5. The zero-order valence-corrected chi connectivity index (χ0v) is 13.6. The smallest absolute Gasteiger partial charge is 0.119 e. The third kappa shape index (κ3) is 6.38. The van der Waals surface area contributed by atoms with Gasteiger partial charge in [0, 0.05) is 11.6 Å². The number of ether oxygens (including phenoxy) is 1. The van der Waals surface area contributed by atoms with Crippen LogP contribution < -0.4 is 22.5 Å². The van der Waals surface area contributed by atoms with Crippen molar-refractivity contribution in [1.29, 1.82) is 0 Å². The van der Waals surface area contributed by atoms with Gasteiger partial charge in [0.05, 0.1) is 6.61 Å². The van der Waals surface area contributed by atoms with E-state index in [-0.39, 0.29) is 12.4 Å². The Labute approximate surface area is 137 Å². The first-order valence-corrected chi connectivity index (χ1v) is 7.32. The van der Waals surface area contributed by atoms with Gasteiger partial charge in [-0.1, -0.05) is 35.9 Å². The Kier molecular flexibility index (Phi) is 8.21. The molecule has 0 saturated carbocycles. The second kappa shape index (κ2) is 9.67. The predicted molar refractivity (Wildman–Crippen MR) is 84.5 cm³/mol. The van der Waals surface area contributed by atoms with Crippen molar-refractivity contribution < 1.29 is 17.1 Å². The maximum absolute atomic E-state index is 5.86. The summed E-state index contributed by atoms with van der Waals surface area (Å²) in [6, 6.07) is 16.2. The van der Waals surface area contributed by atoms with Crippen molar-refractivity contribution in [2.45, 2.75) is 19.9 Å². The van der Waals surface area contributed by atoms with Gasteiger partial charge in [-0.05, 0) is 55.3 Å². The van der Waals surface area contributed by atoms with E-state index in [2.05, 4.69) is 29.6 Å². The minimum atomic E-state index is 0. The SMILES string of the molecule is CCOc1ccc(CNCCc2ccc(Cl)cc2)cc1.[Cl-]. The maximum atomic E-state index is 5.86. The molecule has 0 aliphatic carbocycles. The molecule has 0 heterocycles. The predicted octanol–water partition coefficient (Wildman–Crippen LogP) is 1.07. The zero-order valence-electron chi connectivity index (χ0n) is 12.1. The van der Waals surface area contributed by atoms with Gasteiger partial charge < -0.3 is 22.5 Å². The third-order valence-corrected chi connectivity index (χ3v) is 3.32. The highest BCUT2D eigenvalue weighted by Crippen LogP contribution is 2.12. The maximum Gasteiger partial charge on any atom is 0.119 e. The van der Waals surface area contributed by atoms with Gasteiger partial charge in [-0.2, -0.15) is 0 Å². The fourth-order valence-electron chi connectivity index (χ4n) is 1.99. The summed E-state index contributed by atoms with van der Waals surface area (Å²) in [5.41, 5.74) is 2.57. The number of halogens is 2. The van der Waals surface area contributed by atoms with Crippen molar-refractivity contribution in [1.82, 2.24) is 5.32 Å². The van der Waals surface area contributed by atoms with Crippen LogP contribution in [0, 0.1) is 0 Å².